The minimum absolute atomic E-state index is 0.0766. The normalized spacial score (nSPS) is 13.6. The molecular weight excluding hydrogens is 234 g/mol. The van der Waals surface area contributed by atoms with Gasteiger partial charge in [-0.25, -0.2) is 0 Å². The van der Waals surface area contributed by atoms with Crippen LogP contribution in [0.5, 0.6) is 0 Å². The van der Waals surface area contributed by atoms with E-state index in [1.54, 1.807) is 6.20 Å². The number of nitrogens with zero attached hydrogens (tertiary/aromatic N) is 1. The van der Waals surface area contributed by atoms with E-state index in [-0.39, 0.29) is 5.91 Å². The zero-order chi connectivity index (χ0) is 11.7. The number of carbonyl (C=O) groups excluding carboxylic acids is 1. The fourth-order valence-corrected chi connectivity index (χ4v) is 3.32. The minimum atomic E-state index is -0.0766. The lowest BCUT2D eigenvalue weighted by Gasteiger charge is -2.00. The molecule has 0 fully saturated rings. The Morgan fingerprint density at radius 2 is 2.47 bits per heavy atom. The van der Waals surface area contributed by atoms with E-state index < -0.39 is 0 Å². The van der Waals surface area contributed by atoms with E-state index in [1.165, 1.54) is 40.8 Å². The number of aromatic amines is 1. The molecule has 0 saturated heterocycles. The van der Waals surface area contributed by atoms with E-state index in [0.29, 0.717) is 12.1 Å². The number of aromatic nitrogens is 2. The van der Waals surface area contributed by atoms with Gasteiger partial charge in [-0.2, -0.15) is 5.10 Å². The van der Waals surface area contributed by atoms with Crippen molar-refractivity contribution in [2.24, 2.45) is 0 Å². The molecule has 17 heavy (non-hydrogen) atoms. The smallest absolute Gasteiger partial charge is 0.254 e. The molecule has 0 aliphatic heterocycles. The van der Waals surface area contributed by atoms with Crippen molar-refractivity contribution in [2.75, 3.05) is 0 Å². The first kappa shape index (κ1) is 10.5. The quantitative estimate of drug-likeness (QED) is 0.870. The highest BCUT2D eigenvalue weighted by Gasteiger charge is 2.15. The monoisotopic (exact) mass is 247 g/mol. The van der Waals surface area contributed by atoms with Crippen LogP contribution in [0.2, 0.25) is 0 Å². The van der Waals surface area contributed by atoms with Crippen molar-refractivity contribution in [3.05, 3.63) is 39.3 Å². The average molecular weight is 247 g/mol. The van der Waals surface area contributed by atoms with Crippen LogP contribution < -0.4 is 5.32 Å². The number of amides is 1. The third-order valence-electron chi connectivity index (χ3n) is 2.98. The first-order valence-electron chi connectivity index (χ1n) is 5.70. The van der Waals surface area contributed by atoms with Crippen LogP contribution in [0.4, 0.5) is 0 Å². The van der Waals surface area contributed by atoms with Crippen LogP contribution in [0.25, 0.3) is 0 Å². The van der Waals surface area contributed by atoms with Gasteiger partial charge in [0.1, 0.15) is 0 Å². The zero-order valence-electron chi connectivity index (χ0n) is 9.32. The van der Waals surface area contributed by atoms with Crippen molar-refractivity contribution in [2.45, 2.75) is 25.8 Å². The number of rotatable bonds is 3. The molecule has 1 aliphatic carbocycles. The Labute approximate surface area is 103 Å². The highest BCUT2D eigenvalue weighted by molar-refractivity contribution is 7.12. The number of hydrogen-bond donors (Lipinski definition) is 2. The van der Waals surface area contributed by atoms with Crippen molar-refractivity contribution >= 4 is 17.2 Å². The first-order valence-corrected chi connectivity index (χ1v) is 6.52. The molecule has 0 aromatic carbocycles. The van der Waals surface area contributed by atoms with Crippen molar-refractivity contribution in [3.63, 3.8) is 0 Å². The van der Waals surface area contributed by atoms with E-state index in [0.717, 1.165) is 0 Å². The van der Waals surface area contributed by atoms with Gasteiger partial charge in [-0.1, -0.05) is 0 Å². The zero-order valence-corrected chi connectivity index (χ0v) is 10.1. The van der Waals surface area contributed by atoms with Crippen LogP contribution in [0.1, 0.15) is 32.1 Å². The van der Waals surface area contributed by atoms with Crippen LogP contribution in [0.3, 0.4) is 0 Å². The van der Waals surface area contributed by atoms with E-state index in [4.69, 9.17) is 0 Å². The molecule has 0 saturated carbocycles. The second-order valence-corrected chi connectivity index (χ2v) is 5.41. The second-order valence-electron chi connectivity index (χ2n) is 4.18. The van der Waals surface area contributed by atoms with Crippen LogP contribution >= 0.6 is 11.3 Å². The maximum atomic E-state index is 11.7. The lowest BCUT2D eigenvalue weighted by molar-refractivity contribution is 0.0951. The van der Waals surface area contributed by atoms with Crippen LogP contribution in [0.15, 0.2) is 18.5 Å². The van der Waals surface area contributed by atoms with Gasteiger partial charge in [0.25, 0.3) is 5.91 Å². The van der Waals surface area contributed by atoms with Gasteiger partial charge in [0.15, 0.2) is 0 Å². The summed E-state index contributed by atoms with van der Waals surface area (Å²) in [5.74, 6) is -0.0766. The first-order chi connectivity index (χ1) is 8.33. The number of nitrogens with one attached hydrogen (secondary N) is 2. The summed E-state index contributed by atoms with van der Waals surface area (Å²) in [6.45, 7) is 0.613. The molecular formula is C12H13N3OS. The van der Waals surface area contributed by atoms with E-state index in [1.807, 2.05) is 11.3 Å². The molecule has 4 nitrogen and oxygen atoms in total. The van der Waals surface area contributed by atoms with Gasteiger partial charge in [0.2, 0.25) is 0 Å². The molecule has 0 unspecified atom stereocenters. The van der Waals surface area contributed by atoms with Gasteiger partial charge in [0.05, 0.1) is 18.3 Å². The van der Waals surface area contributed by atoms with E-state index in [2.05, 4.69) is 21.6 Å². The average Bonchev–Trinajstić information content (AvgIpc) is 3.01. The maximum Gasteiger partial charge on any atom is 0.254 e. The maximum absolute atomic E-state index is 11.7. The Balaban J connectivity index is 1.62. The standard InChI is InChI=1S/C12H13N3OS/c16-12(9-5-14-15-6-9)13-7-10-4-8-2-1-3-11(8)17-10/h4-6H,1-3,7H2,(H,13,16)(H,14,15). The number of aryl methyl sites for hydroxylation is 2. The number of hydrogen-bond acceptors (Lipinski definition) is 3. The third kappa shape index (κ3) is 2.10. The molecule has 5 heteroatoms. The van der Waals surface area contributed by atoms with Crippen molar-refractivity contribution < 1.29 is 4.79 Å². The number of carbonyl (C=O) groups is 1. The summed E-state index contributed by atoms with van der Waals surface area (Å²) in [5, 5.41) is 9.29. The van der Waals surface area contributed by atoms with Crippen LogP contribution in [0, 0.1) is 0 Å². The summed E-state index contributed by atoms with van der Waals surface area (Å²) in [7, 11) is 0. The Bertz CT molecular complexity index is 508. The molecule has 2 heterocycles. The second kappa shape index (κ2) is 4.33. The van der Waals surface area contributed by atoms with Gasteiger partial charge < -0.3 is 5.32 Å². The van der Waals surface area contributed by atoms with Crippen molar-refractivity contribution in [1.29, 1.82) is 0 Å². The molecule has 2 N–H and O–H groups in total. The van der Waals surface area contributed by atoms with Crippen LogP contribution in [-0.4, -0.2) is 16.1 Å². The summed E-state index contributed by atoms with van der Waals surface area (Å²) >= 11 is 1.82. The molecule has 88 valence electrons. The van der Waals surface area contributed by atoms with E-state index >= 15 is 0 Å². The highest BCUT2D eigenvalue weighted by atomic mass is 32.1. The Morgan fingerprint density at radius 1 is 1.53 bits per heavy atom. The molecule has 0 spiro atoms. The van der Waals surface area contributed by atoms with Crippen molar-refractivity contribution in [3.8, 4) is 0 Å². The topological polar surface area (TPSA) is 57.8 Å². The Hall–Kier alpha value is -1.62. The summed E-state index contributed by atoms with van der Waals surface area (Å²) in [6, 6.07) is 2.22. The van der Waals surface area contributed by atoms with Crippen LogP contribution in [-0.2, 0) is 19.4 Å². The Kier molecular flexibility index (Phi) is 2.68. The highest BCUT2D eigenvalue weighted by Crippen LogP contribution is 2.30. The predicted octanol–water partition coefficient (Wildman–Crippen LogP) is 1.89. The lowest BCUT2D eigenvalue weighted by atomic mass is 10.2. The van der Waals surface area contributed by atoms with Gasteiger partial charge in [-0.15, -0.1) is 11.3 Å². The summed E-state index contributed by atoms with van der Waals surface area (Å²) in [6.07, 6.45) is 6.81. The summed E-state index contributed by atoms with van der Waals surface area (Å²) in [5.41, 5.74) is 2.05. The lowest BCUT2D eigenvalue weighted by Crippen LogP contribution is -2.21. The molecule has 0 atom stereocenters. The molecule has 2 aromatic rings. The Morgan fingerprint density at radius 3 is 3.24 bits per heavy atom. The van der Waals surface area contributed by atoms with Crippen molar-refractivity contribution in [1.82, 2.24) is 15.5 Å². The van der Waals surface area contributed by atoms with Gasteiger partial charge in [-0.3, -0.25) is 9.89 Å². The van der Waals surface area contributed by atoms with Gasteiger partial charge in [-0.05, 0) is 30.9 Å². The molecule has 1 amide bonds. The van der Waals surface area contributed by atoms with Gasteiger partial charge in [0, 0.05) is 16.0 Å². The third-order valence-corrected chi connectivity index (χ3v) is 4.22. The molecule has 0 radical (unpaired) electrons. The van der Waals surface area contributed by atoms with E-state index in [9.17, 15) is 4.79 Å². The minimum Gasteiger partial charge on any atom is -0.347 e. The fourth-order valence-electron chi connectivity index (χ4n) is 2.12. The summed E-state index contributed by atoms with van der Waals surface area (Å²) in [4.78, 5) is 14.4. The molecule has 2 aromatic heterocycles. The fraction of sp³-hybridized carbons (Fsp3) is 0.333. The van der Waals surface area contributed by atoms with Gasteiger partial charge >= 0.3 is 0 Å². The SMILES string of the molecule is O=C(NCc1cc2c(s1)CCC2)c1cn[nH]c1. The molecule has 1 aliphatic rings. The largest absolute Gasteiger partial charge is 0.347 e. The molecule has 0 bridgehead atoms. The number of thiophene rings is 1. The molecule has 3 rings (SSSR count). The predicted molar refractivity (Wildman–Crippen MR) is 66.1 cm³/mol. The summed E-state index contributed by atoms with van der Waals surface area (Å²) < 4.78 is 0. The number of fused-ring (bicyclic) bond motifs is 1. The number of H-pyrrole nitrogens is 1.